The average Bonchev–Trinajstić information content (AvgIpc) is 3.08. The fourth-order valence-electron chi connectivity index (χ4n) is 2.46. The topological polar surface area (TPSA) is 95.5 Å². The second-order valence-electron chi connectivity index (χ2n) is 5.68. The van der Waals surface area contributed by atoms with Crippen LogP contribution in [0.3, 0.4) is 0 Å². The van der Waals surface area contributed by atoms with E-state index in [2.05, 4.69) is 22.0 Å². The molecule has 0 atom stereocenters. The molecule has 3 heterocycles. The SMILES string of the molecule is COCc1nccc(SCCCSc2ccc3ncc([N+](=O)[O-])n3n2)c1C. The maximum atomic E-state index is 11.0. The molecule has 0 aliphatic heterocycles. The van der Waals surface area contributed by atoms with E-state index in [0.717, 1.165) is 34.2 Å². The van der Waals surface area contributed by atoms with Crippen molar-refractivity contribution in [2.45, 2.75) is 29.9 Å². The smallest absolute Gasteiger partial charge is 0.368 e. The van der Waals surface area contributed by atoms with Gasteiger partial charge in [0.2, 0.25) is 5.65 Å². The first-order valence-corrected chi connectivity index (χ1v) is 10.3. The number of aromatic nitrogens is 4. The van der Waals surface area contributed by atoms with Gasteiger partial charge in [-0.05, 0) is 41.7 Å². The van der Waals surface area contributed by atoms with Gasteiger partial charge in [0.1, 0.15) is 11.2 Å². The van der Waals surface area contributed by atoms with Gasteiger partial charge in [0, 0.05) is 30.0 Å². The van der Waals surface area contributed by atoms with Crippen molar-refractivity contribution in [3.05, 3.63) is 52.0 Å². The third-order valence-electron chi connectivity index (χ3n) is 3.84. The number of pyridine rings is 1. The second-order valence-corrected chi connectivity index (χ2v) is 7.93. The van der Waals surface area contributed by atoms with E-state index < -0.39 is 4.92 Å². The van der Waals surface area contributed by atoms with Gasteiger partial charge in [-0.2, -0.15) is 0 Å². The maximum absolute atomic E-state index is 11.0. The molecule has 3 aromatic rings. The quantitative estimate of drug-likeness (QED) is 0.230. The Hall–Kier alpha value is -2.17. The van der Waals surface area contributed by atoms with Crippen molar-refractivity contribution >= 4 is 35.0 Å². The molecule has 0 unspecified atom stereocenters. The van der Waals surface area contributed by atoms with Crippen LogP contribution in [0.1, 0.15) is 17.7 Å². The molecule has 142 valence electrons. The zero-order valence-corrected chi connectivity index (χ0v) is 16.6. The fraction of sp³-hybridized carbons (Fsp3) is 0.353. The highest BCUT2D eigenvalue weighted by Gasteiger charge is 2.16. The van der Waals surface area contributed by atoms with Crippen molar-refractivity contribution in [2.75, 3.05) is 18.6 Å². The van der Waals surface area contributed by atoms with Crippen molar-refractivity contribution in [1.82, 2.24) is 19.6 Å². The Morgan fingerprint density at radius 1 is 1.22 bits per heavy atom. The highest BCUT2D eigenvalue weighted by molar-refractivity contribution is 8.00. The van der Waals surface area contributed by atoms with Crippen LogP contribution < -0.4 is 0 Å². The number of fused-ring (bicyclic) bond motifs is 1. The van der Waals surface area contributed by atoms with E-state index in [9.17, 15) is 10.1 Å². The van der Waals surface area contributed by atoms with E-state index in [-0.39, 0.29) is 5.82 Å². The first kappa shape index (κ1) is 19.6. The predicted octanol–water partition coefficient (Wildman–Crippen LogP) is 3.76. The first-order valence-electron chi connectivity index (χ1n) is 8.28. The number of hydrogen-bond acceptors (Lipinski definition) is 8. The minimum Gasteiger partial charge on any atom is -0.378 e. The highest BCUT2D eigenvalue weighted by atomic mass is 32.2. The van der Waals surface area contributed by atoms with Gasteiger partial charge in [-0.1, -0.05) is 9.61 Å². The number of ether oxygens (including phenoxy) is 1. The molecule has 8 nitrogen and oxygen atoms in total. The van der Waals surface area contributed by atoms with Crippen molar-refractivity contribution in [2.24, 2.45) is 0 Å². The average molecular weight is 406 g/mol. The molecule has 27 heavy (non-hydrogen) atoms. The molecule has 0 N–H and O–H groups in total. The van der Waals surface area contributed by atoms with Gasteiger partial charge in [-0.3, -0.25) is 4.98 Å². The van der Waals surface area contributed by atoms with Gasteiger partial charge in [0.25, 0.3) is 0 Å². The summed E-state index contributed by atoms with van der Waals surface area (Å²) in [7, 11) is 1.67. The number of nitro groups is 1. The summed E-state index contributed by atoms with van der Waals surface area (Å²) in [6.45, 7) is 2.58. The van der Waals surface area contributed by atoms with E-state index in [1.165, 1.54) is 15.6 Å². The first-order chi connectivity index (χ1) is 13.1. The maximum Gasteiger partial charge on any atom is 0.368 e. The molecular formula is C17H19N5O3S2. The fourth-order valence-corrected chi connectivity index (χ4v) is 4.45. The molecule has 0 amide bonds. The Balaban J connectivity index is 1.52. The summed E-state index contributed by atoms with van der Waals surface area (Å²) < 4.78 is 6.45. The molecule has 0 saturated carbocycles. The van der Waals surface area contributed by atoms with Gasteiger partial charge >= 0.3 is 5.82 Å². The number of rotatable bonds is 9. The lowest BCUT2D eigenvalue weighted by Crippen LogP contribution is -1.99. The highest BCUT2D eigenvalue weighted by Crippen LogP contribution is 2.26. The molecule has 0 aromatic carbocycles. The monoisotopic (exact) mass is 405 g/mol. The molecule has 0 bridgehead atoms. The number of nitrogens with zero attached hydrogens (tertiary/aromatic N) is 5. The van der Waals surface area contributed by atoms with Crippen molar-refractivity contribution in [3.8, 4) is 0 Å². The lowest BCUT2D eigenvalue weighted by molar-refractivity contribution is -0.391. The van der Waals surface area contributed by atoms with E-state index in [4.69, 9.17) is 4.74 Å². The van der Waals surface area contributed by atoms with Crippen LogP contribution in [0.15, 0.2) is 40.5 Å². The molecular weight excluding hydrogens is 386 g/mol. The van der Waals surface area contributed by atoms with E-state index in [1.807, 2.05) is 18.3 Å². The molecule has 0 aliphatic carbocycles. The number of imidazole rings is 1. The van der Waals surface area contributed by atoms with Crippen molar-refractivity contribution in [1.29, 1.82) is 0 Å². The molecule has 0 spiro atoms. The molecule has 10 heteroatoms. The lowest BCUT2D eigenvalue weighted by atomic mass is 10.2. The second kappa shape index (κ2) is 9.16. The Labute approximate surface area is 164 Å². The lowest BCUT2D eigenvalue weighted by Gasteiger charge is -2.09. The zero-order chi connectivity index (χ0) is 19.2. The predicted molar refractivity (Wildman–Crippen MR) is 105 cm³/mol. The van der Waals surface area contributed by atoms with Gasteiger partial charge in [-0.25, -0.2) is 4.98 Å². The summed E-state index contributed by atoms with van der Waals surface area (Å²) >= 11 is 3.38. The van der Waals surface area contributed by atoms with E-state index in [1.54, 1.807) is 36.7 Å². The van der Waals surface area contributed by atoms with E-state index in [0.29, 0.717) is 12.3 Å². The van der Waals surface area contributed by atoms with Gasteiger partial charge in [0.15, 0.2) is 0 Å². The summed E-state index contributed by atoms with van der Waals surface area (Å²) in [5.74, 6) is 1.73. The van der Waals surface area contributed by atoms with E-state index >= 15 is 0 Å². The van der Waals surface area contributed by atoms with Crippen LogP contribution in [-0.4, -0.2) is 43.1 Å². The van der Waals surface area contributed by atoms with Crippen molar-refractivity contribution in [3.63, 3.8) is 0 Å². The zero-order valence-electron chi connectivity index (χ0n) is 15.0. The third kappa shape index (κ3) is 4.76. The van der Waals surface area contributed by atoms with Crippen molar-refractivity contribution < 1.29 is 9.66 Å². The van der Waals surface area contributed by atoms with Gasteiger partial charge in [0.05, 0.1) is 12.3 Å². The minimum absolute atomic E-state index is 0.122. The Morgan fingerprint density at radius 2 is 2.04 bits per heavy atom. The Morgan fingerprint density at radius 3 is 2.81 bits per heavy atom. The molecule has 3 aromatic heterocycles. The number of thioether (sulfide) groups is 2. The Kier molecular flexibility index (Phi) is 6.64. The van der Waals surface area contributed by atoms with Crippen LogP contribution in [0.5, 0.6) is 0 Å². The third-order valence-corrected chi connectivity index (χ3v) is 6.10. The number of hydrogen-bond donors (Lipinski definition) is 0. The minimum atomic E-state index is -0.479. The van der Waals surface area contributed by atoms with Crippen LogP contribution in [0.25, 0.3) is 5.65 Å². The van der Waals surface area contributed by atoms with Gasteiger partial charge < -0.3 is 14.9 Å². The summed E-state index contributed by atoms with van der Waals surface area (Å²) in [5.41, 5.74) is 2.61. The van der Waals surface area contributed by atoms with Crippen LogP contribution in [-0.2, 0) is 11.3 Å². The van der Waals surface area contributed by atoms with Crippen LogP contribution in [0.4, 0.5) is 5.82 Å². The Bertz CT molecular complexity index is 947. The molecule has 0 radical (unpaired) electrons. The standard InChI is InChI=1S/C17H19N5O3S2/c1-12-13(11-25-2)18-7-6-14(12)26-8-3-9-27-16-5-4-15-19-10-17(22(23)24)21(15)20-16/h4-7,10H,3,8-9,11H2,1-2H3. The summed E-state index contributed by atoms with van der Waals surface area (Å²) in [5, 5.41) is 16.0. The summed E-state index contributed by atoms with van der Waals surface area (Å²) in [4.78, 5) is 20.1. The normalized spacial score (nSPS) is 11.2. The molecule has 0 fully saturated rings. The number of methoxy groups -OCH3 is 1. The van der Waals surface area contributed by atoms with Crippen LogP contribution >= 0.6 is 23.5 Å². The van der Waals surface area contributed by atoms with Crippen LogP contribution in [0.2, 0.25) is 0 Å². The summed E-state index contributed by atoms with van der Waals surface area (Å²) in [6, 6.07) is 5.61. The molecule has 0 aliphatic rings. The molecule has 0 saturated heterocycles. The molecule has 3 rings (SSSR count). The summed E-state index contributed by atoms with van der Waals surface area (Å²) in [6.07, 6.45) is 4.03. The largest absolute Gasteiger partial charge is 0.378 e. The van der Waals surface area contributed by atoms with Crippen LogP contribution in [0, 0.1) is 17.0 Å². The van der Waals surface area contributed by atoms with Gasteiger partial charge in [-0.15, -0.1) is 23.5 Å².